The largest absolute Gasteiger partial charge is 0.497 e. The Kier molecular flexibility index (Phi) is 3.55. The SMILES string of the molecule is COc1ccc(OC(C)C)c(C(=O)O)c1. The van der Waals surface area contributed by atoms with Gasteiger partial charge in [-0.05, 0) is 32.0 Å². The molecule has 0 unspecified atom stereocenters. The summed E-state index contributed by atoms with van der Waals surface area (Å²) in [4.78, 5) is 10.9. The predicted molar refractivity (Wildman–Crippen MR) is 55.7 cm³/mol. The first-order chi connectivity index (χ1) is 7.04. The molecule has 0 aliphatic heterocycles. The summed E-state index contributed by atoms with van der Waals surface area (Å²) < 4.78 is 10.3. The van der Waals surface area contributed by atoms with Crippen molar-refractivity contribution in [3.8, 4) is 11.5 Å². The summed E-state index contributed by atoms with van der Waals surface area (Å²) in [6.45, 7) is 3.69. The van der Waals surface area contributed by atoms with Crippen LogP contribution in [0.2, 0.25) is 0 Å². The predicted octanol–water partition coefficient (Wildman–Crippen LogP) is 2.18. The van der Waals surface area contributed by atoms with Crippen molar-refractivity contribution in [1.29, 1.82) is 0 Å². The van der Waals surface area contributed by atoms with Gasteiger partial charge in [0.05, 0.1) is 13.2 Å². The number of rotatable bonds is 4. The van der Waals surface area contributed by atoms with E-state index in [2.05, 4.69) is 0 Å². The topological polar surface area (TPSA) is 55.8 Å². The van der Waals surface area contributed by atoms with E-state index in [1.54, 1.807) is 12.1 Å². The molecule has 0 saturated heterocycles. The maximum atomic E-state index is 10.9. The maximum absolute atomic E-state index is 10.9. The van der Waals surface area contributed by atoms with E-state index in [1.807, 2.05) is 13.8 Å². The van der Waals surface area contributed by atoms with Crippen molar-refractivity contribution in [1.82, 2.24) is 0 Å². The van der Waals surface area contributed by atoms with Gasteiger partial charge >= 0.3 is 5.97 Å². The minimum Gasteiger partial charge on any atom is -0.497 e. The second-order valence-electron chi connectivity index (χ2n) is 3.33. The van der Waals surface area contributed by atoms with E-state index in [0.29, 0.717) is 11.5 Å². The minimum atomic E-state index is -1.02. The average molecular weight is 210 g/mol. The molecule has 0 fully saturated rings. The number of ether oxygens (including phenoxy) is 2. The van der Waals surface area contributed by atoms with Gasteiger partial charge in [0.1, 0.15) is 17.1 Å². The molecular weight excluding hydrogens is 196 g/mol. The van der Waals surface area contributed by atoms with Crippen molar-refractivity contribution < 1.29 is 19.4 Å². The Morgan fingerprint density at radius 3 is 2.53 bits per heavy atom. The van der Waals surface area contributed by atoms with Crippen LogP contribution in [-0.2, 0) is 0 Å². The molecule has 1 aromatic carbocycles. The van der Waals surface area contributed by atoms with E-state index in [1.165, 1.54) is 13.2 Å². The number of carboxylic acid groups (broad SMARTS) is 1. The molecule has 0 aliphatic carbocycles. The molecule has 1 aromatic rings. The summed E-state index contributed by atoms with van der Waals surface area (Å²) in [5, 5.41) is 8.96. The third-order valence-corrected chi connectivity index (χ3v) is 1.78. The maximum Gasteiger partial charge on any atom is 0.339 e. The zero-order chi connectivity index (χ0) is 11.4. The number of hydrogen-bond donors (Lipinski definition) is 1. The summed E-state index contributed by atoms with van der Waals surface area (Å²) in [5.41, 5.74) is 0.114. The summed E-state index contributed by atoms with van der Waals surface area (Å²) in [6.07, 6.45) is -0.0588. The van der Waals surface area contributed by atoms with Crippen molar-refractivity contribution in [2.24, 2.45) is 0 Å². The molecule has 1 rings (SSSR count). The zero-order valence-electron chi connectivity index (χ0n) is 8.98. The van der Waals surface area contributed by atoms with Crippen molar-refractivity contribution in [3.05, 3.63) is 23.8 Å². The molecule has 0 amide bonds. The van der Waals surface area contributed by atoms with Crippen molar-refractivity contribution in [2.75, 3.05) is 7.11 Å². The standard InChI is InChI=1S/C11H14O4/c1-7(2)15-10-5-4-8(14-3)6-9(10)11(12)13/h4-7H,1-3H3,(H,12,13). The van der Waals surface area contributed by atoms with Gasteiger partial charge in [0, 0.05) is 0 Å². The van der Waals surface area contributed by atoms with Gasteiger partial charge in [-0.1, -0.05) is 0 Å². The molecular formula is C11H14O4. The van der Waals surface area contributed by atoms with Gasteiger partial charge in [0.25, 0.3) is 0 Å². The van der Waals surface area contributed by atoms with E-state index < -0.39 is 5.97 Å². The first-order valence-corrected chi connectivity index (χ1v) is 4.62. The molecule has 0 bridgehead atoms. The van der Waals surface area contributed by atoms with Crippen molar-refractivity contribution in [3.63, 3.8) is 0 Å². The van der Waals surface area contributed by atoms with Gasteiger partial charge in [-0.15, -0.1) is 0 Å². The van der Waals surface area contributed by atoms with Crippen LogP contribution in [-0.4, -0.2) is 24.3 Å². The summed E-state index contributed by atoms with van der Waals surface area (Å²) >= 11 is 0. The fraction of sp³-hybridized carbons (Fsp3) is 0.364. The summed E-state index contributed by atoms with van der Waals surface area (Å²) in [5.74, 6) is -0.161. The summed E-state index contributed by atoms with van der Waals surface area (Å²) in [7, 11) is 1.49. The van der Waals surface area contributed by atoms with Crippen LogP contribution in [0.25, 0.3) is 0 Å². The third-order valence-electron chi connectivity index (χ3n) is 1.78. The highest BCUT2D eigenvalue weighted by Gasteiger charge is 2.13. The normalized spacial score (nSPS) is 10.1. The first-order valence-electron chi connectivity index (χ1n) is 4.62. The Morgan fingerprint density at radius 1 is 1.40 bits per heavy atom. The van der Waals surface area contributed by atoms with E-state index in [4.69, 9.17) is 14.6 Å². The zero-order valence-corrected chi connectivity index (χ0v) is 8.98. The van der Waals surface area contributed by atoms with Gasteiger partial charge in [0.15, 0.2) is 0 Å². The highest BCUT2D eigenvalue weighted by Crippen LogP contribution is 2.24. The molecule has 15 heavy (non-hydrogen) atoms. The number of hydrogen-bond acceptors (Lipinski definition) is 3. The van der Waals surface area contributed by atoms with Crippen molar-refractivity contribution in [2.45, 2.75) is 20.0 Å². The average Bonchev–Trinajstić information content (AvgIpc) is 2.17. The molecule has 1 N–H and O–H groups in total. The Morgan fingerprint density at radius 2 is 2.07 bits per heavy atom. The Balaban J connectivity index is 3.09. The lowest BCUT2D eigenvalue weighted by Crippen LogP contribution is -2.09. The quantitative estimate of drug-likeness (QED) is 0.827. The monoisotopic (exact) mass is 210 g/mol. The molecule has 0 saturated carbocycles. The molecule has 0 aliphatic rings. The van der Waals surface area contributed by atoms with Crippen LogP contribution < -0.4 is 9.47 Å². The molecule has 0 atom stereocenters. The Bertz CT molecular complexity index is 358. The van der Waals surface area contributed by atoms with E-state index in [-0.39, 0.29) is 11.7 Å². The van der Waals surface area contributed by atoms with E-state index in [9.17, 15) is 4.79 Å². The summed E-state index contributed by atoms with van der Waals surface area (Å²) in [6, 6.07) is 4.71. The molecule has 0 spiro atoms. The smallest absolute Gasteiger partial charge is 0.339 e. The minimum absolute atomic E-state index is 0.0588. The van der Waals surface area contributed by atoms with Crippen LogP contribution in [0.5, 0.6) is 11.5 Å². The molecule has 4 nitrogen and oxygen atoms in total. The number of benzene rings is 1. The Labute approximate surface area is 88.4 Å². The van der Waals surface area contributed by atoms with Crippen LogP contribution in [0.1, 0.15) is 24.2 Å². The molecule has 4 heteroatoms. The van der Waals surface area contributed by atoms with E-state index >= 15 is 0 Å². The highest BCUT2D eigenvalue weighted by atomic mass is 16.5. The number of carbonyl (C=O) groups is 1. The van der Waals surface area contributed by atoms with Gasteiger partial charge in [-0.2, -0.15) is 0 Å². The van der Waals surface area contributed by atoms with E-state index in [0.717, 1.165) is 0 Å². The van der Waals surface area contributed by atoms with Crippen LogP contribution in [0.15, 0.2) is 18.2 Å². The molecule has 82 valence electrons. The van der Waals surface area contributed by atoms with Gasteiger partial charge in [-0.3, -0.25) is 0 Å². The number of aromatic carboxylic acids is 1. The van der Waals surface area contributed by atoms with Gasteiger partial charge in [0.2, 0.25) is 0 Å². The van der Waals surface area contributed by atoms with Gasteiger partial charge in [-0.25, -0.2) is 4.79 Å². The molecule has 0 heterocycles. The van der Waals surface area contributed by atoms with Crippen molar-refractivity contribution >= 4 is 5.97 Å². The Hall–Kier alpha value is -1.71. The first kappa shape index (κ1) is 11.4. The second-order valence-corrected chi connectivity index (χ2v) is 3.33. The van der Waals surface area contributed by atoms with Crippen LogP contribution >= 0.6 is 0 Å². The molecule has 0 radical (unpaired) electrons. The third kappa shape index (κ3) is 2.87. The lowest BCUT2D eigenvalue weighted by Gasteiger charge is -2.12. The number of carboxylic acids is 1. The lowest BCUT2D eigenvalue weighted by molar-refractivity contribution is 0.0690. The fourth-order valence-corrected chi connectivity index (χ4v) is 1.16. The highest BCUT2D eigenvalue weighted by molar-refractivity contribution is 5.91. The fourth-order valence-electron chi connectivity index (χ4n) is 1.16. The van der Waals surface area contributed by atoms with Crippen LogP contribution in [0, 0.1) is 0 Å². The molecule has 0 aromatic heterocycles. The van der Waals surface area contributed by atoms with Crippen LogP contribution in [0.3, 0.4) is 0 Å². The second kappa shape index (κ2) is 4.68. The lowest BCUT2D eigenvalue weighted by atomic mass is 10.2. The van der Waals surface area contributed by atoms with Gasteiger partial charge < -0.3 is 14.6 Å². The number of methoxy groups -OCH3 is 1. The van der Waals surface area contributed by atoms with Crippen LogP contribution in [0.4, 0.5) is 0 Å².